The van der Waals surface area contributed by atoms with Crippen molar-refractivity contribution < 1.29 is 4.79 Å². The van der Waals surface area contributed by atoms with Crippen molar-refractivity contribution in [3.05, 3.63) is 18.0 Å². The van der Waals surface area contributed by atoms with Gasteiger partial charge in [-0.05, 0) is 37.3 Å². The van der Waals surface area contributed by atoms with Gasteiger partial charge in [-0.15, -0.1) is 0 Å². The maximum absolute atomic E-state index is 12.0. The highest BCUT2D eigenvalue weighted by Crippen LogP contribution is 2.43. The van der Waals surface area contributed by atoms with Crippen molar-refractivity contribution in [2.45, 2.75) is 45.6 Å². The first-order chi connectivity index (χ1) is 8.17. The predicted octanol–water partition coefficient (Wildman–Crippen LogP) is 1.53. The van der Waals surface area contributed by atoms with Crippen LogP contribution >= 0.6 is 0 Å². The number of rotatable bonds is 6. The number of ketones is 1. The molecule has 0 bridgehead atoms. The largest absolute Gasteiger partial charge is 0.330 e. The molecule has 17 heavy (non-hydrogen) atoms. The Kier molecular flexibility index (Phi) is 3.62. The smallest absolute Gasteiger partial charge is 0.137 e. The summed E-state index contributed by atoms with van der Waals surface area (Å²) in [4.78, 5) is 12.0. The third kappa shape index (κ3) is 2.75. The number of aryl methyl sites for hydroxylation is 1. The van der Waals surface area contributed by atoms with Crippen LogP contribution in [-0.4, -0.2) is 22.1 Å². The molecule has 0 atom stereocenters. The van der Waals surface area contributed by atoms with Crippen LogP contribution < -0.4 is 5.73 Å². The minimum absolute atomic E-state index is 0.123. The van der Waals surface area contributed by atoms with Crippen molar-refractivity contribution >= 4 is 5.78 Å². The quantitative estimate of drug-likeness (QED) is 0.813. The van der Waals surface area contributed by atoms with Gasteiger partial charge >= 0.3 is 0 Å². The summed E-state index contributed by atoms with van der Waals surface area (Å²) in [6.07, 6.45) is 8.33. The van der Waals surface area contributed by atoms with Crippen LogP contribution in [0.2, 0.25) is 0 Å². The molecule has 0 radical (unpaired) electrons. The Morgan fingerprint density at radius 2 is 2.35 bits per heavy atom. The third-order valence-electron chi connectivity index (χ3n) is 3.83. The van der Waals surface area contributed by atoms with Gasteiger partial charge in [0.05, 0.1) is 6.20 Å². The minimum atomic E-state index is 0.123. The maximum atomic E-state index is 12.0. The Hall–Kier alpha value is -1.16. The molecule has 0 saturated heterocycles. The van der Waals surface area contributed by atoms with E-state index in [2.05, 4.69) is 5.10 Å². The van der Waals surface area contributed by atoms with E-state index in [9.17, 15) is 4.79 Å². The average molecular weight is 235 g/mol. The normalized spacial score (nSPS) is 17.8. The first-order valence-corrected chi connectivity index (χ1v) is 6.40. The second-order valence-electron chi connectivity index (χ2n) is 5.15. The Morgan fingerprint density at radius 3 is 2.82 bits per heavy atom. The van der Waals surface area contributed by atoms with E-state index in [0.717, 1.165) is 24.9 Å². The van der Waals surface area contributed by atoms with E-state index in [-0.39, 0.29) is 5.41 Å². The summed E-state index contributed by atoms with van der Waals surface area (Å²) in [5.74, 6) is 0.297. The molecule has 1 fully saturated rings. The molecule has 1 heterocycles. The molecule has 1 aromatic rings. The lowest BCUT2D eigenvalue weighted by molar-refractivity contribution is -0.122. The van der Waals surface area contributed by atoms with Crippen LogP contribution in [0.1, 0.15) is 38.2 Å². The highest BCUT2D eigenvalue weighted by atomic mass is 16.1. The molecule has 1 aromatic heterocycles. The van der Waals surface area contributed by atoms with Gasteiger partial charge in [-0.25, -0.2) is 0 Å². The summed E-state index contributed by atoms with van der Waals surface area (Å²) in [6, 6.07) is 0. The van der Waals surface area contributed by atoms with Gasteiger partial charge in [0, 0.05) is 25.6 Å². The maximum Gasteiger partial charge on any atom is 0.137 e. The number of nitrogens with zero attached hydrogens (tertiary/aromatic N) is 2. The van der Waals surface area contributed by atoms with Gasteiger partial charge in [0.15, 0.2) is 0 Å². The van der Waals surface area contributed by atoms with Gasteiger partial charge in [-0.1, -0.05) is 6.42 Å². The lowest BCUT2D eigenvalue weighted by atomic mass is 9.65. The van der Waals surface area contributed by atoms with Crippen LogP contribution in [0.5, 0.6) is 0 Å². The van der Waals surface area contributed by atoms with Crippen molar-refractivity contribution in [3.8, 4) is 0 Å². The molecule has 0 aliphatic heterocycles. The molecule has 0 unspecified atom stereocenters. The second kappa shape index (κ2) is 5.00. The number of carbonyl (C=O) groups is 1. The zero-order chi connectivity index (χ0) is 12.3. The average Bonchev–Trinajstić information content (AvgIpc) is 2.71. The number of aromatic nitrogens is 2. The van der Waals surface area contributed by atoms with Crippen LogP contribution in [0.15, 0.2) is 12.4 Å². The topological polar surface area (TPSA) is 60.9 Å². The summed E-state index contributed by atoms with van der Waals surface area (Å²) < 4.78 is 1.85. The zero-order valence-electron chi connectivity index (χ0n) is 10.5. The molecule has 1 aliphatic carbocycles. The minimum Gasteiger partial charge on any atom is -0.330 e. The lowest BCUT2D eigenvalue weighted by Gasteiger charge is -2.40. The van der Waals surface area contributed by atoms with Gasteiger partial charge < -0.3 is 5.73 Å². The molecule has 0 amide bonds. The fourth-order valence-electron chi connectivity index (χ4n) is 2.51. The summed E-state index contributed by atoms with van der Waals surface area (Å²) >= 11 is 0. The molecule has 2 N–H and O–H groups in total. The summed E-state index contributed by atoms with van der Waals surface area (Å²) in [7, 11) is 0. The molecule has 4 heteroatoms. The standard InChI is InChI=1S/C13H21N3O/c1-2-16-9-11(8-15-16)6-12(17)7-13(10-14)4-3-5-13/h8-9H,2-7,10,14H2,1H3. The monoisotopic (exact) mass is 235 g/mol. The van der Waals surface area contributed by atoms with E-state index >= 15 is 0 Å². The van der Waals surface area contributed by atoms with Crippen LogP contribution in [-0.2, 0) is 17.8 Å². The molecule has 0 aromatic carbocycles. The first kappa shape index (κ1) is 12.3. The van der Waals surface area contributed by atoms with Crippen LogP contribution in [0.25, 0.3) is 0 Å². The summed E-state index contributed by atoms with van der Waals surface area (Å²) in [5.41, 5.74) is 6.91. The van der Waals surface area contributed by atoms with Gasteiger partial charge in [0.25, 0.3) is 0 Å². The molecule has 4 nitrogen and oxygen atoms in total. The number of Topliss-reactive ketones (excluding diaryl/α,β-unsaturated/α-hetero) is 1. The van der Waals surface area contributed by atoms with E-state index in [1.54, 1.807) is 6.20 Å². The van der Waals surface area contributed by atoms with Crippen LogP contribution in [0, 0.1) is 5.41 Å². The Labute approximate surface area is 102 Å². The van der Waals surface area contributed by atoms with Gasteiger partial charge in [-0.3, -0.25) is 9.48 Å². The van der Waals surface area contributed by atoms with Crippen LogP contribution in [0.3, 0.4) is 0 Å². The Balaban J connectivity index is 1.88. The number of nitrogens with two attached hydrogens (primary N) is 1. The molecule has 2 rings (SSSR count). The molecule has 94 valence electrons. The van der Waals surface area contributed by atoms with Crippen molar-refractivity contribution in [2.24, 2.45) is 11.1 Å². The first-order valence-electron chi connectivity index (χ1n) is 6.40. The summed E-state index contributed by atoms with van der Waals surface area (Å²) in [5, 5.41) is 4.18. The highest BCUT2D eigenvalue weighted by molar-refractivity contribution is 5.81. The van der Waals surface area contributed by atoms with Crippen molar-refractivity contribution in [1.82, 2.24) is 9.78 Å². The molecular formula is C13H21N3O. The fraction of sp³-hybridized carbons (Fsp3) is 0.692. The molecule has 0 spiro atoms. The Morgan fingerprint density at radius 1 is 1.59 bits per heavy atom. The fourth-order valence-corrected chi connectivity index (χ4v) is 2.51. The number of hydrogen-bond acceptors (Lipinski definition) is 3. The summed E-state index contributed by atoms with van der Waals surface area (Å²) in [6.45, 7) is 3.53. The van der Waals surface area contributed by atoms with E-state index in [4.69, 9.17) is 5.73 Å². The van der Waals surface area contributed by atoms with Crippen LogP contribution in [0.4, 0.5) is 0 Å². The second-order valence-corrected chi connectivity index (χ2v) is 5.15. The SMILES string of the molecule is CCn1cc(CC(=O)CC2(CN)CCC2)cn1. The molecule has 1 saturated carbocycles. The van der Waals surface area contributed by atoms with Gasteiger partial charge in [-0.2, -0.15) is 5.10 Å². The zero-order valence-corrected chi connectivity index (χ0v) is 10.5. The van der Waals surface area contributed by atoms with E-state index in [1.165, 1.54) is 6.42 Å². The number of hydrogen-bond donors (Lipinski definition) is 1. The van der Waals surface area contributed by atoms with Gasteiger partial charge in [0.1, 0.15) is 5.78 Å². The predicted molar refractivity (Wildman–Crippen MR) is 66.6 cm³/mol. The van der Waals surface area contributed by atoms with E-state index < -0.39 is 0 Å². The molecule has 1 aliphatic rings. The van der Waals surface area contributed by atoms with Crippen molar-refractivity contribution in [1.29, 1.82) is 0 Å². The van der Waals surface area contributed by atoms with E-state index in [1.807, 2.05) is 17.8 Å². The molecular weight excluding hydrogens is 214 g/mol. The third-order valence-corrected chi connectivity index (χ3v) is 3.83. The lowest BCUT2D eigenvalue weighted by Crippen LogP contribution is -2.39. The van der Waals surface area contributed by atoms with Crippen molar-refractivity contribution in [3.63, 3.8) is 0 Å². The van der Waals surface area contributed by atoms with Crippen molar-refractivity contribution in [2.75, 3.05) is 6.54 Å². The Bertz CT molecular complexity index is 388. The highest BCUT2D eigenvalue weighted by Gasteiger charge is 2.37. The van der Waals surface area contributed by atoms with E-state index in [0.29, 0.717) is 25.2 Å². The van der Waals surface area contributed by atoms with Gasteiger partial charge in [0.2, 0.25) is 0 Å². The number of carbonyl (C=O) groups excluding carboxylic acids is 1.